The van der Waals surface area contributed by atoms with Crippen LogP contribution < -0.4 is 0 Å². The van der Waals surface area contributed by atoms with Crippen molar-refractivity contribution < 1.29 is 13.2 Å². The third-order valence-corrected chi connectivity index (χ3v) is 3.70. The van der Waals surface area contributed by atoms with Gasteiger partial charge in [-0.1, -0.05) is 23.2 Å². The number of pyridine rings is 1. The van der Waals surface area contributed by atoms with Gasteiger partial charge in [-0.25, -0.2) is 9.97 Å². The summed E-state index contributed by atoms with van der Waals surface area (Å²) in [5.74, 6) is -1.02. The van der Waals surface area contributed by atoms with Gasteiger partial charge in [0.05, 0.1) is 6.54 Å². The summed E-state index contributed by atoms with van der Waals surface area (Å²) < 4.78 is 40.6. The molecule has 2 heterocycles. The first-order valence-electron chi connectivity index (χ1n) is 6.18. The molecule has 1 aromatic carbocycles. The number of rotatable bonds is 2. The first-order chi connectivity index (χ1) is 10.4. The number of alkyl halides is 3. The first-order valence-corrected chi connectivity index (χ1v) is 6.94. The zero-order chi connectivity index (χ0) is 15.9. The Bertz CT molecular complexity index is 843. The summed E-state index contributed by atoms with van der Waals surface area (Å²) in [6.45, 7) is -0.123. The van der Waals surface area contributed by atoms with Gasteiger partial charge in [-0.3, -0.25) is 0 Å². The van der Waals surface area contributed by atoms with Gasteiger partial charge >= 0.3 is 6.18 Å². The zero-order valence-electron chi connectivity index (χ0n) is 10.9. The van der Waals surface area contributed by atoms with Crippen LogP contribution in [0.15, 0.2) is 36.5 Å². The minimum Gasteiger partial charge on any atom is -0.301 e. The summed E-state index contributed by atoms with van der Waals surface area (Å²) >= 11 is 11.9. The van der Waals surface area contributed by atoms with Crippen molar-refractivity contribution in [2.45, 2.75) is 12.7 Å². The number of hydrogen-bond acceptors (Lipinski definition) is 2. The standard InChI is InChI=1S/C14H8Cl2F3N3/c15-9-3-4-10(16)8(6-9)7-22-12-11(2-1-5-20-12)21-13(22)14(17,18)19/h1-6H,7H2. The Hall–Kier alpha value is -1.79. The minimum absolute atomic E-state index is 0.123. The highest BCUT2D eigenvalue weighted by Crippen LogP contribution is 2.32. The van der Waals surface area contributed by atoms with E-state index in [2.05, 4.69) is 9.97 Å². The van der Waals surface area contributed by atoms with E-state index in [4.69, 9.17) is 23.2 Å². The Balaban J connectivity index is 2.18. The van der Waals surface area contributed by atoms with E-state index in [9.17, 15) is 13.2 Å². The second-order valence-electron chi connectivity index (χ2n) is 4.60. The average molecular weight is 346 g/mol. The van der Waals surface area contributed by atoms with Crippen molar-refractivity contribution >= 4 is 34.4 Å². The molecule has 22 heavy (non-hydrogen) atoms. The molecule has 114 valence electrons. The van der Waals surface area contributed by atoms with Crippen LogP contribution in [0.4, 0.5) is 13.2 Å². The van der Waals surface area contributed by atoms with Gasteiger partial charge in [0.15, 0.2) is 5.65 Å². The second kappa shape index (κ2) is 5.44. The van der Waals surface area contributed by atoms with E-state index in [1.807, 2.05) is 0 Å². The topological polar surface area (TPSA) is 30.7 Å². The van der Waals surface area contributed by atoms with Crippen LogP contribution in [0.5, 0.6) is 0 Å². The molecule has 0 saturated heterocycles. The van der Waals surface area contributed by atoms with Gasteiger partial charge in [-0.05, 0) is 35.9 Å². The quantitative estimate of drug-likeness (QED) is 0.667. The Kier molecular flexibility index (Phi) is 3.74. The van der Waals surface area contributed by atoms with Gasteiger partial charge in [0.25, 0.3) is 0 Å². The third kappa shape index (κ3) is 2.76. The molecular weight excluding hydrogens is 338 g/mol. The molecule has 0 bridgehead atoms. The Labute approximate surface area is 133 Å². The molecule has 0 fully saturated rings. The van der Waals surface area contributed by atoms with E-state index in [1.54, 1.807) is 12.1 Å². The number of fused-ring (bicyclic) bond motifs is 1. The molecule has 0 unspecified atom stereocenters. The molecule has 0 radical (unpaired) electrons. The van der Waals surface area contributed by atoms with Crippen LogP contribution >= 0.6 is 23.2 Å². The molecule has 0 aliphatic carbocycles. The minimum atomic E-state index is -4.59. The lowest BCUT2D eigenvalue weighted by Gasteiger charge is -2.12. The number of aromatic nitrogens is 3. The highest BCUT2D eigenvalue weighted by atomic mass is 35.5. The van der Waals surface area contributed by atoms with Crippen LogP contribution in [0, 0.1) is 0 Å². The second-order valence-corrected chi connectivity index (χ2v) is 5.44. The fourth-order valence-corrected chi connectivity index (χ4v) is 2.53. The van der Waals surface area contributed by atoms with E-state index < -0.39 is 12.0 Å². The third-order valence-electron chi connectivity index (χ3n) is 3.09. The van der Waals surface area contributed by atoms with Gasteiger partial charge in [-0.2, -0.15) is 13.2 Å². The van der Waals surface area contributed by atoms with E-state index in [0.717, 1.165) is 4.57 Å². The van der Waals surface area contributed by atoms with Crippen molar-refractivity contribution in [2.75, 3.05) is 0 Å². The normalized spacial score (nSPS) is 12.0. The SMILES string of the molecule is FC(F)(F)c1nc2cccnc2n1Cc1cc(Cl)ccc1Cl. The molecule has 0 amide bonds. The number of imidazole rings is 1. The van der Waals surface area contributed by atoms with Crippen molar-refractivity contribution in [1.29, 1.82) is 0 Å². The number of hydrogen-bond donors (Lipinski definition) is 0. The summed E-state index contributed by atoms with van der Waals surface area (Å²) in [6, 6.07) is 7.65. The number of benzene rings is 1. The van der Waals surface area contributed by atoms with Crippen molar-refractivity contribution in [3.05, 3.63) is 58.0 Å². The molecule has 0 aliphatic heterocycles. The molecule has 3 rings (SSSR count). The van der Waals surface area contributed by atoms with Crippen molar-refractivity contribution in [3.63, 3.8) is 0 Å². The smallest absolute Gasteiger partial charge is 0.301 e. The van der Waals surface area contributed by atoms with Crippen LogP contribution in [-0.2, 0) is 12.7 Å². The highest BCUT2D eigenvalue weighted by molar-refractivity contribution is 6.33. The lowest BCUT2D eigenvalue weighted by atomic mass is 10.2. The summed E-state index contributed by atoms with van der Waals surface area (Å²) in [4.78, 5) is 7.62. The van der Waals surface area contributed by atoms with Crippen LogP contribution in [0.3, 0.4) is 0 Å². The molecule has 0 atom stereocenters. The average Bonchev–Trinajstić information content (AvgIpc) is 2.82. The van der Waals surface area contributed by atoms with Crippen molar-refractivity contribution in [1.82, 2.24) is 14.5 Å². The van der Waals surface area contributed by atoms with E-state index in [-0.39, 0.29) is 17.7 Å². The Morgan fingerprint density at radius 3 is 2.64 bits per heavy atom. The Morgan fingerprint density at radius 1 is 1.14 bits per heavy atom. The van der Waals surface area contributed by atoms with Gasteiger partial charge < -0.3 is 4.57 Å². The molecular formula is C14H8Cl2F3N3. The van der Waals surface area contributed by atoms with Gasteiger partial charge in [-0.15, -0.1) is 0 Å². The lowest BCUT2D eigenvalue weighted by molar-refractivity contribution is -0.146. The monoisotopic (exact) mass is 345 g/mol. The maximum absolute atomic E-state index is 13.2. The maximum atomic E-state index is 13.2. The van der Waals surface area contributed by atoms with Crippen LogP contribution in [0.25, 0.3) is 11.2 Å². The first kappa shape index (κ1) is 15.1. The molecule has 8 heteroatoms. The van der Waals surface area contributed by atoms with Gasteiger partial charge in [0.2, 0.25) is 5.82 Å². The predicted octanol–water partition coefficient (Wildman–Crippen LogP) is 4.81. The summed E-state index contributed by atoms with van der Waals surface area (Å²) in [5, 5.41) is 0.723. The Morgan fingerprint density at radius 2 is 1.91 bits per heavy atom. The molecule has 2 aromatic heterocycles. The number of halogens is 5. The van der Waals surface area contributed by atoms with Crippen molar-refractivity contribution in [2.24, 2.45) is 0 Å². The number of nitrogens with zero attached hydrogens (tertiary/aromatic N) is 3. The molecule has 3 nitrogen and oxygen atoms in total. The van der Waals surface area contributed by atoms with Crippen LogP contribution in [0.1, 0.15) is 11.4 Å². The summed E-state index contributed by atoms with van der Waals surface area (Å²) in [7, 11) is 0. The lowest BCUT2D eigenvalue weighted by Crippen LogP contribution is -2.16. The van der Waals surface area contributed by atoms with Crippen molar-refractivity contribution in [3.8, 4) is 0 Å². The predicted molar refractivity (Wildman–Crippen MR) is 78.1 cm³/mol. The molecule has 0 N–H and O–H groups in total. The summed E-state index contributed by atoms with van der Waals surface area (Å²) in [6.07, 6.45) is -3.17. The van der Waals surface area contributed by atoms with Gasteiger partial charge in [0.1, 0.15) is 5.52 Å². The highest BCUT2D eigenvalue weighted by Gasteiger charge is 2.38. The molecule has 0 saturated carbocycles. The van der Waals surface area contributed by atoms with E-state index >= 15 is 0 Å². The zero-order valence-corrected chi connectivity index (χ0v) is 12.4. The van der Waals surface area contributed by atoms with Crippen LogP contribution in [-0.4, -0.2) is 14.5 Å². The summed E-state index contributed by atoms with van der Waals surface area (Å²) in [5.41, 5.74) is 0.781. The fraction of sp³-hybridized carbons (Fsp3) is 0.143. The van der Waals surface area contributed by atoms with E-state index in [0.29, 0.717) is 15.6 Å². The molecule has 0 spiro atoms. The van der Waals surface area contributed by atoms with E-state index in [1.165, 1.54) is 24.4 Å². The van der Waals surface area contributed by atoms with Gasteiger partial charge in [0, 0.05) is 16.2 Å². The molecule has 3 aromatic rings. The molecule has 0 aliphatic rings. The van der Waals surface area contributed by atoms with Crippen LogP contribution in [0.2, 0.25) is 10.0 Å². The maximum Gasteiger partial charge on any atom is 0.449 e. The fourth-order valence-electron chi connectivity index (χ4n) is 2.16. The largest absolute Gasteiger partial charge is 0.449 e.